The lowest BCUT2D eigenvalue weighted by molar-refractivity contribution is -0.138. The van der Waals surface area contributed by atoms with Gasteiger partial charge in [0.15, 0.2) is 15.7 Å². The summed E-state index contributed by atoms with van der Waals surface area (Å²) in [6.45, 7) is 1.46. The molecule has 1 saturated heterocycles. The molecule has 0 bridgehead atoms. The van der Waals surface area contributed by atoms with Gasteiger partial charge >= 0.3 is 12.4 Å². The van der Waals surface area contributed by atoms with Crippen LogP contribution in [0.1, 0.15) is 30.9 Å². The molecule has 0 aliphatic carbocycles. The number of benzene rings is 1. The predicted octanol–water partition coefficient (Wildman–Crippen LogP) is 4.20. The lowest BCUT2D eigenvalue weighted by Crippen LogP contribution is -2.31. The van der Waals surface area contributed by atoms with Crippen LogP contribution in [0.2, 0.25) is 0 Å². The largest absolute Gasteiger partial charge is 0.423 e. The minimum absolute atomic E-state index is 0.0567. The maximum Gasteiger partial charge on any atom is 0.423 e. The molecule has 47 heavy (non-hydrogen) atoms. The Morgan fingerprint density at radius 1 is 1.04 bits per heavy atom. The zero-order chi connectivity index (χ0) is 34.5. The second kappa shape index (κ2) is 12.2. The Kier molecular flexibility index (Phi) is 8.80. The van der Waals surface area contributed by atoms with Crippen LogP contribution in [0.5, 0.6) is 0 Å². The number of rotatable bonds is 8. The molecule has 5 rings (SSSR count). The Hall–Kier alpha value is -4.55. The zero-order valence-corrected chi connectivity index (χ0v) is 25.5. The van der Waals surface area contributed by atoms with Gasteiger partial charge in [-0.05, 0) is 43.4 Å². The number of aryl methyl sites for hydroxylation is 2. The fourth-order valence-corrected chi connectivity index (χ4v) is 6.56. The molecule has 0 saturated carbocycles. The molecule has 1 aliphatic heterocycles. The van der Waals surface area contributed by atoms with Gasteiger partial charge in [-0.2, -0.15) is 31.4 Å². The lowest BCUT2D eigenvalue weighted by atomic mass is 10.1. The third kappa shape index (κ3) is 7.08. The molecule has 252 valence electrons. The first-order valence-corrected chi connectivity index (χ1v) is 15.8. The third-order valence-electron chi connectivity index (χ3n) is 7.56. The molecule has 1 aromatic carbocycles. The van der Waals surface area contributed by atoms with Gasteiger partial charge < -0.3 is 14.8 Å². The number of sulfone groups is 1. The topological polar surface area (TPSA) is 132 Å². The molecule has 4 heterocycles. The van der Waals surface area contributed by atoms with Gasteiger partial charge in [0.05, 0.1) is 28.6 Å². The Balaban J connectivity index is 1.36. The van der Waals surface area contributed by atoms with E-state index in [-0.39, 0.29) is 41.6 Å². The molecule has 1 aliphatic rings. The highest BCUT2D eigenvalue weighted by atomic mass is 32.2. The van der Waals surface area contributed by atoms with Crippen LogP contribution in [0.25, 0.3) is 22.2 Å². The summed E-state index contributed by atoms with van der Waals surface area (Å²) < 4.78 is 123. The maximum atomic E-state index is 15.3. The Morgan fingerprint density at radius 2 is 1.77 bits per heavy atom. The molecule has 0 spiro atoms. The summed E-state index contributed by atoms with van der Waals surface area (Å²) in [6, 6.07) is 3.01. The minimum atomic E-state index is -4.91. The number of pyridine rings is 1. The lowest BCUT2D eigenvalue weighted by Gasteiger charge is -2.20. The van der Waals surface area contributed by atoms with Crippen LogP contribution in [0, 0.1) is 5.82 Å². The first kappa shape index (κ1) is 33.8. The number of aromatic nitrogens is 5. The normalized spacial score (nSPS) is 15.7. The number of nitrogens with zero attached hydrogens (tertiary/aromatic N) is 6. The van der Waals surface area contributed by atoms with Crippen molar-refractivity contribution in [1.29, 1.82) is 0 Å². The van der Waals surface area contributed by atoms with E-state index < -0.39 is 79.5 Å². The van der Waals surface area contributed by atoms with Gasteiger partial charge in [-0.15, -0.1) is 0 Å². The van der Waals surface area contributed by atoms with E-state index in [4.69, 9.17) is 0 Å². The van der Waals surface area contributed by atoms with Crippen molar-refractivity contribution in [3.8, 4) is 11.4 Å². The second-order valence-corrected chi connectivity index (χ2v) is 13.2. The number of hydrogen-bond donors (Lipinski definition) is 1. The summed E-state index contributed by atoms with van der Waals surface area (Å²) in [6.07, 6.45) is -6.48. The molecule has 3 aromatic heterocycles. The molecule has 4 aromatic rings. The van der Waals surface area contributed by atoms with E-state index in [0.29, 0.717) is 17.3 Å². The second-order valence-electron chi connectivity index (χ2n) is 11.0. The zero-order valence-electron chi connectivity index (χ0n) is 24.7. The maximum absolute atomic E-state index is 15.3. The van der Waals surface area contributed by atoms with Crippen LogP contribution in [0.15, 0.2) is 46.4 Å². The highest BCUT2D eigenvalue weighted by Gasteiger charge is 2.40. The molecule has 1 fully saturated rings. The minimum Gasteiger partial charge on any atom is -0.381 e. The summed E-state index contributed by atoms with van der Waals surface area (Å²) in [7, 11) is -2.54. The molecule has 1 atom stereocenters. The fraction of sp³-hybridized carbons (Fsp3) is 0.393. The van der Waals surface area contributed by atoms with Gasteiger partial charge in [0.1, 0.15) is 28.6 Å². The Bertz CT molecular complexity index is 2080. The van der Waals surface area contributed by atoms with Crippen molar-refractivity contribution in [1.82, 2.24) is 24.3 Å². The molecular weight excluding hydrogens is 663 g/mol. The van der Waals surface area contributed by atoms with Gasteiger partial charge in [0.2, 0.25) is 0 Å². The summed E-state index contributed by atoms with van der Waals surface area (Å²) in [5.41, 5.74) is -5.35. The number of hydrogen-bond acceptors (Lipinski definition) is 9. The van der Waals surface area contributed by atoms with E-state index >= 15 is 4.39 Å². The monoisotopic (exact) mass is 689 g/mol. The smallest absolute Gasteiger partial charge is 0.381 e. The molecule has 11 nitrogen and oxygen atoms in total. The highest BCUT2D eigenvalue weighted by Crippen LogP contribution is 2.38. The molecule has 0 amide bonds. The van der Waals surface area contributed by atoms with E-state index in [0.717, 1.165) is 24.2 Å². The van der Waals surface area contributed by atoms with Crippen LogP contribution in [0.4, 0.5) is 42.2 Å². The van der Waals surface area contributed by atoms with Crippen LogP contribution in [-0.4, -0.2) is 56.9 Å². The van der Waals surface area contributed by atoms with Crippen molar-refractivity contribution in [2.75, 3.05) is 28.4 Å². The quantitative estimate of drug-likeness (QED) is 0.271. The fourth-order valence-electron chi connectivity index (χ4n) is 5.21. The van der Waals surface area contributed by atoms with Crippen LogP contribution < -0.4 is 21.3 Å². The van der Waals surface area contributed by atoms with Crippen molar-refractivity contribution >= 4 is 32.1 Å². The third-order valence-corrected chi connectivity index (χ3v) is 9.07. The van der Waals surface area contributed by atoms with Crippen molar-refractivity contribution in [2.24, 2.45) is 7.05 Å². The molecule has 19 heteroatoms. The predicted molar refractivity (Wildman–Crippen MR) is 157 cm³/mol. The number of alkyl halides is 6. The van der Waals surface area contributed by atoms with Crippen molar-refractivity contribution in [3.05, 3.63) is 74.4 Å². The summed E-state index contributed by atoms with van der Waals surface area (Å²) >= 11 is 0. The van der Waals surface area contributed by atoms with E-state index in [1.54, 1.807) is 6.92 Å². The molecular formula is C28H26F7N7O4S. The summed E-state index contributed by atoms with van der Waals surface area (Å²) in [5, 5.41) is 6.45. The van der Waals surface area contributed by atoms with Crippen LogP contribution in [-0.2, 0) is 35.8 Å². The molecule has 0 unspecified atom stereocenters. The Morgan fingerprint density at radius 3 is 2.40 bits per heavy atom. The van der Waals surface area contributed by atoms with Crippen LogP contribution >= 0.6 is 0 Å². The first-order chi connectivity index (χ1) is 21.9. The van der Waals surface area contributed by atoms with E-state index in [1.165, 1.54) is 22.9 Å². The van der Waals surface area contributed by atoms with Gasteiger partial charge in [0, 0.05) is 38.6 Å². The van der Waals surface area contributed by atoms with Gasteiger partial charge in [-0.25, -0.2) is 27.5 Å². The standard InChI is InChI=1S/C28H26F7N7O4S/c1-15(38-21-13-37-40(2)26(44)22(21)28(33,34)35)4-3-6-41-7-5-16-10-18(20(29)11-17(16)25(41)43)23-36-12-19(27(30,31)32)24(39-23)42-8-9-47(45,46)14-42/h5,7,10-13,15,38H,3-4,6,8-9,14H2,1-2H3/t15-/m0/s1. The van der Waals surface area contributed by atoms with Gasteiger partial charge in [0.25, 0.3) is 11.1 Å². The number of nitrogens with one attached hydrogen (secondary N) is 1. The Labute approximate surface area is 261 Å². The first-order valence-electron chi connectivity index (χ1n) is 14.0. The van der Waals surface area contributed by atoms with Gasteiger partial charge in [-0.3, -0.25) is 9.59 Å². The SMILES string of the molecule is C[C@@H](CCCn1ccc2cc(-c3ncc(C(F)(F)F)c(N4CCS(=O)(=O)C4)n3)c(F)cc2c1=O)Nc1cnn(C)c(=O)c1C(F)(F)F. The van der Waals surface area contributed by atoms with Crippen molar-refractivity contribution < 1.29 is 39.2 Å². The molecule has 0 radical (unpaired) electrons. The average Bonchev–Trinajstić information content (AvgIpc) is 3.34. The number of anilines is 2. The van der Waals surface area contributed by atoms with E-state index in [2.05, 4.69) is 20.4 Å². The molecule has 1 N–H and O–H groups in total. The highest BCUT2D eigenvalue weighted by molar-refractivity contribution is 7.91. The summed E-state index contributed by atoms with van der Waals surface area (Å²) in [4.78, 5) is 33.7. The van der Waals surface area contributed by atoms with Crippen molar-refractivity contribution in [2.45, 2.75) is 44.7 Å². The van der Waals surface area contributed by atoms with Crippen LogP contribution in [0.3, 0.4) is 0 Å². The van der Waals surface area contributed by atoms with Crippen molar-refractivity contribution in [3.63, 3.8) is 0 Å². The average molecular weight is 690 g/mol. The van der Waals surface area contributed by atoms with E-state index in [1.807, 2.05) is 0 Å². The number of fused-ring (bicyclic) bond motifs is 1. The van der Waals surface area contributed by atoms with E-state index in [9.17, 15) is 44.3 Å². The summed E-state index contributed by atoms with van der Waals surface area (Å²) in [5.74, 6) is -3.22. The number of halogens is 7. The van der Waals surface area contributed by atoms with Gasteiger partial charge in [-0.1, -0.05) is 0 Å².